The lowest BCUT2D eigenvalue weighted by molar-refractivity contribution is -0.318. The quantitative estimate of drug-likeness (QED) is 0.0869. The summed E-state index contributed by atoms with van der Waals surface area (Å²) in [7, 11) is 1.33. The first-order valence-electron chi connectivity index (χ1n) is 26.9. The Balaban J connectivity index is 1.40. The Morgan fingerprint density at radius 3 is 2.28 bits per heavy atom. The molecule has 6 N–H and O–H groups in total. The van der Waals surface area contributed by atoms with Crippen LogP contribution in [0.15, 0.2) is 35.4 Å². The SMILES string of the molecule is CC[C@H]1OC(=O)[C@H](C)[C@@H](O[C@H]2C[C@@](C)(OC)[C@@H](O)[C@H](C)O2)[C@H](C)[C@@H](O[C@@H]2O[C@H](C)C[C@H](N(C)CCc3cn([C@H](CF)Cc4ccc(S(=O)(=O)NCCCF)cc4)nn3)[C@H]2O)[C@](C)(O)C[C@@H](C)CN(C)[C@H](C)[C@@H](O)[C@]1(C)O. The lowest BCUT2D eigenvalue weighted by Crippen LogP contribution is -2.61. The highest BCUT2D eigenvalue weighted by Crippen LogP contribution is 2.40. The van der Waals surface area contributed by atoms with Crippen molar-refractivity contribution < 1.29 is 75.9 Å². The zero-order valence-electron chi connectivity index (χ0n) is 46.9. The molecule has 3 saturated heterocycles. The number of carbonyl (C=O) groups excluding carboxylic acids is 1. The van der Waals surface area contributed by atoms with Crippen LogP contribution in [0.3, 0.4) is 0 Å². The molecule has 5 rings (SSSR count). The van der Waals surface area contributed by atoms with E-state index < -0.39 is 138 Å². The monoisotopic (exact) mass is 1100 g/mol. The molecule has 0 aliphatic carbocycles. The number of aromatic nitrogens is 3. The molecule has 0 unspecified atom stereocenters. The van der Waals surface area contributed by atoms with E-state index in [1.165, 1.54) is 30.8 Å². The van der Waals surface area contributed by atoms with Crippen LogP contribution in [-0.2, 0) is 56.1 Å². The number of esters is 1. The number of methoxy groups -OCH3 is 1. The van der Waals surface area contributed by atoms with Crippen molar-refractivity contribution >= 4 is 16.0 Å². The Labute approximate surface area is 449 Å². The smallest absolute Gasteiger partial charge is 0.311 e. The van der Waals surface area contributed by atoms with Crippen molar-refractivity contribution in [3.8, 4) is 0 Å². The third-order valence-corrected chi connectivity index (χ3v) is 17.7. The van der Waals surface area contributed by atoms with E-state index in [4.69, 9.17) is 28.4 Å². The zero-order valence-corrected chi connectivity index (χ0v) is 47.7. The Hall–Kier alpha value is -2.88. The summed E-state index contributed by atoms with van der Waals surface area (Å²) >= 11 is 0. The van der Waals surface area contributed by atoms with E-state index in [2.05, 4.69) is 15.0 Å². The van der Waals surface area contributed by atoms with Crippen molar-refractivity contribution in [3.05, 3.63) is 41.7 Å². The van der Waals surface area contributed by atoms with Gasteiger partial charge in [0.05, 0.1) is 64.8 Å². The number of carbonyl (C=O) groups is 1. The number of aliphatic hydroxyl groups is 5. The number of aliphatic hydroxyl groups excluding tert-OH is 3. The maximum atomic E-state index is 14.5. The molecule has 0 saturated carbocycles. The topological polar surface area (TPSA) is 257 Å². The minimum atomic E-state index is -3.82. The predicted molar refractivity (Wildman–Crippen MR) is 278 cm³/mol. The lowest BCUT2D eigenvalue weighted by Gasteiger charge is -2.49. The zero-order chi connectivity index (χ0) is 56.7. The van der Waals surface area contributed by atoms with E-state index in [1.807, 2.05) is 37.7 Å². The van der Waals surface area contributed by atoms with E-state index in [0.29, 0.717) is 37.2 Å². The summed E-state index contributed by atoms with van der Waals surface area (Å²) < 4.78 is 94.2. The molecule has 4 heterocycles. The number of cyclic esters (lactones) is 1. The first-order chi connectivity index (χ1) is 35.5. The number of rotatable bonds is 19. The average Bonchev–Trinajstić information content (AvgIpc) is 3.85. The number of hydrogen-bond donors (Lipinski definition) is 6. The number of alkyl halides is 2. The summed E-state index contributed by atoms with van der Waals surface area (Å²) in [5.41, 5.74) is -3.40. The Morgan fingerprint density at radius 1 is 0.987 bits per heavy atom. The Morgan fingerprint density at radius 2 is 1.66 bits per heavy atom. The second-order valence-corrected chi connectivity index (χ2v) is 24.5. The normalized spacial score (nSPS) is 38.3. The van der Waals surface area contributed by atoms with Gasteiger partial charge in [0.1, 0.15) is 36.7 Å². The fourth-order valence-corrected chi connectivity index (χ4v) is 12.5. The van der Waals surface area contributed by atoms with Gasteiger partial charge in [0, 0.05) is 63.8 Å². The summed E-state index contributed by atoms with van der Waals surface area (Å²) in [6, 6.07) is 4.19. The molecule has 2 aromatic rings. The maximum Gasteiger partial charge on any atom is 0.311 e. The van der Waals surface area contributed by atoms with Gasteiger partial charge in [0.2, 0.25) is 10.0 Å². The summed E-state index contributed by atoms with van der Waals surface area (Å²) in [6.07, 6.45) is -7.44. The second kappa shape index (κ2) is 27.1. The van der Waals surface area contributed by atoms with Crippen molar-refractivity contribution in [1.29, 1.82) is 0 Å². The molecule has 76 heavy (non-hydrogen) atoms. The highest BCUT2D eigenvalue weighted by atomic mass is 32.2. The number of nitrogens with zero attached hydrogens (tertiary/aromatic N) is 5. The molecule has 0 spiro atoms. The van der Waals surface area contributed by atoms with Gasteiger partial charge >= 0.3 is 5.97 Å². The van der Waals surface area contributed by atoms with Crippen LogP contribution in [0, 0.1) is 17.8 Å². The number of nitrogens with one attached hydrogen (secondary N) is 1. The maximum absolute atomic E-state index is 14.5. The van der Waals surface area contributed by atoms with Crippen molar-refractivity contribution in [3.63, 3.8) is 0 Å². The fraction of sp³-hybridized carbons (Fsp3) is 0.830. The van der Waals surface area contributed by atoms with Crippen LogP contribution in [0.5, 0.6) is 0 Å². The molecule has 20 nitrogen and oxygen atoms in total. The fourth-order valence-electron chi connectivity index (χ4n) is 11.4. The van der Waals surface area contributed by atoms with E-state index in [0.717, 1.165) is 0 Å². The molecule has 0 bridgehead atoms. The minimum absolute atomic E-state index is 0.0162. The molecule has 3 aliphatic heterocycles. The summed E-state index contributed by atoms with van der Waals surface area (Å²) in [5.74, 6) is -2.95. The molecule has 3 aliphatic rings. The standard InChI is InChI=1S/C53H90F2N6O14S/c1-14-42-53(10,67)46(63)35(6)60(12)29-31(2)26-51(8,66)48(33(4)45(34(5)49(65)73-42)74-43-27-52(9,70-13)47(64)36(7)72-43)75-50-44(62)41(24-32(3)71-50)59(11)23-20-38-30-61(58-57-38)39(28-55)25-37-16-18-40(19-17-37)76(68,69)56-22-15-21-54/h16-19,30-36,39,41-48,50,56,62-64,66-67H,14-15,20-29H2,1-13H3/t31-,32-,33+,34-,35-,36+,39+,41+,42-,43+,44-,45+,46-,47+,48-,50+,51-,52-,53-/m1/s1. The molecular weight excluding hydrogens is 1010 g/mol. The van der Waals surface area contributed by atoms with Gasteiger partial charge in [0.25, 0.3) is 0 Å². The number of likely N-dealkylation sites (N-methyl/N-ethyl adjacent to an activating group) is 2. The third-order valence-electron chi connectivity index (χ3n) is 16.2. The average molecular weight is 1110 g/mol. The van der Waals surface area contributed by atoms with E-state index in [1.54, 1.807) is 66.8 Å². The molecule has 1 aromatic heterocycles. The molecule has 0 radical (unpaired) electrons. The highest BCUT2D eigenvalue weighted by Gasteiger charge is 2.53. The highest BCUT2D eigenvalue weighted by molar-refractivity contribution is 7.89. The van der Waals surface area contributed by atoms with Gasteiger partial charge in [-0.3, -0.25) is 9.18 Å². The van der Waals surface area contributed by atoms with Crippen molar-refractivity contribution in [1.82, 2.24) is 29.5 Å². The van der Waals surface area contributed by atoms with Gasteiger partial charge in [-0.25, -0.2) is 22.2 Å². The summed E-state index contributed by atoms with van der Waals surface area (Å²) in [5, 5.41) is 68.3. The van der Waals surface area contributed by atoms with Crippen LogP contribution in [0.1, 0.15) is 119 Å². The molecule has 1 aromatic carbocycles. The van der Waals surface area contributed by atoms with Crippen LogP contribution in [0.25, 0.3) is 0 Å². The Kier molecular flexibility index (Phi) is 22.8. The number of benzene rings is 1. The molecule has 19 atom stereocenters. The van der Waals surface area contributed by atoms with Crippen molar-refractivity contribution in [2.75, 3.05) is 54.2 Å². The molecular formula is C53H90F2N6O14S. The number of ether oxygens (including phenoxy) is 6. The van der Waals surface area contributed by atoms with Crippen LogP contribution >= 0.6 is 0 Å². The molecule has 0 amide bonds. The van der Waals surface area contributed by atoms with Crippen LogP contribution in [0.4, 0.5) is 8.78 Å². The summed E-state index contributed by atoms with van der Waals surface area (Å²) in [4.78, 5) is 18.4. The first-order valence-corrected chi connectivity index (χ1v) is 28.4. The van der Waals surface area contributed by atoms with Gasteiger partial charge in [-0.2, -0.15) is 0 Å². The minimum Gasteiger partial charge on any atom is -0.459 e. The van der Waals surface area contributed by atoms with Gasteiger partial charge in [-0.15, -0.1) is 5.10 Å². The third kappa shape index (κ3) is 15.5. The van der Waals surface area contributed by atoms with Gasteiger partial charge < -0.3 is 63.8 Å². The van der Waals surface area contributed by atoms with Crippen molar-refractivity contribution in [2.24, 2.45) is 17.8 Å². The summed E-state index contributed by atoms with van der Waals surface area (Å²) in [6.45, 7) is 16.6. The predicted octanol–water partition coefficient (Wildman–Crippen LogP) is 3.50. The van der Waals surface area contributed by atoms with Crippen LogP contribution in [0.2, 0.25) is 0 Å². The van der Waals surface area contributed by atoms with Crippen molar-refractivity contribution in [2.45, 2.75) is 215 Å². The van der Waals surface area contributed by atoms with Gasteiger partial charge in [0.15, 0.2) is 12.6 Å². The Bertz CT molecular complexity index is 2230. The number of sulfonamides is 1. The van der Waals surface area contributed by atoms with E-state index in [9.17, 15) is 47.5 Å². The largest absolute Gasteiger partial charge is 0.459 e. The first kappa shape index (κ1) is 63.9. The second-order valence-electron chi connectivity index (χ2n) is 22.7. The van der Waals surface area contributed by atoms with E-state index >= 15 is 0 Å². The van der Waals surface area contributed by atoms with E-state index in [-0.39, 0.29) is 49.5 Å². The molecule has 3 fully saturated rings. The van der Waals surface area contributed by atoms with Gasteiger partial charge in [-0.05, 0) is 118 Å². The molecule has 436 valence electrons. The molecule has 23 heteroatoms. The number of halogens is 2. The van der Waals surface area contributed by atoms with Gasteiger partial charge in [-0.1, -0.05) is 38.1 Å². The van der Waals surface area contributed by atoms with Crippen LogP contribution < -0.4 is 4.72 Å². The van der Waals surface area contributed by atoms with Crippen LogP contribution in [-0.4, -0.2) is 209 Å². The number of hydrogen-bond acceptors (Lipinski definition) is 18. The lowest BCUT2D eigenvalue weighted by atomic mass is 9.77.